The van der Waals surface area contributed by atoms with E-state index in [2.05, 4.69) is 29.2 Å². The number of ether oxygens (including phenoxy) is 2. The first-order valence-corrected chi connectivity index (χ1v) is 7.65. The lowest BCUT2D eigenvalue weighted by Crippen LogP contribution is -2.40. The summed E-state index contributed by atoms with van der Waals surface area (Å²) in [5.74, 6) is -0.0810. The quantitative estimate of drug-likeness (QED) is 0.799. The van der Waals surface area contributed by atoms with Crippen molar-refractivity contribution in [1.29, 1.82) is 0 Å². The Morgan fingerprint density at radius 1 is 1.33 bits per heavy atom. The summed E-state index contributed by atoms with van der Waals surface area (Å²) in [4.78, 5) is 14.6. The molecule has 2 aliphatic heterocycles. The molecule has 2 saturated heterocycles. The molecule has 3 rings (SSSR count). The Kier molecular flexibility index (Phi) is 4.27. The number of methoxy groups -OCH3 is 1. The minimum absolute atomic E-state index is 0.0184. The molecule has 4 nitrogen and oxygen atoms in total. The van der Waals surface area contributed by atoms with Crippen LogP contribution in [0.4, 0.5) is 0 Å². The van der Waals surface area contributed by atoms with Crippen LogP contribution in [0.1, 0.15) is 18.4 Å². The molecule has 2 aliphatic rings. The Morgan fingerprint density at radius 2 is 2.05 bits per heavy atom. The Bertz CT molecular complexity index is 482. The number of carbonyl (C=O) groups is 1. The van der Waals surface area contributed by atoms with Gasteiger partial charge in [0.1, 0.15) is 0 Å². The second-order valence-electron chi connectivity index (χ2n) is 6.21. The minimum Gasteiger partial charge on any atom is -0.469 e. The summed E-state index contributed by atoms with van der Waals surface area (Å²) in [6.07, 6.45) is 1.91. The third-order valence-corrected chi connectivity index (χ3v) is 4.94. The highest BCUT2D eigenvalue weighted by Gasteiger charge is 2.50. The predicted molar refractivity (Wildman–Crippen MR) is 79.7 cm³/mol. The van der Waals surface area contributed by atoms with E-state index in [1.807, 2.05) is 6.07 Å². The van der Waals surface area contributed by atoms with Gasteiger partial charge in [0.05, 0.1) is 13.0 Å². The topological polar surface area (TPSA) is 38.8 Å². The van der Waals surface area contributed by atoms with Gasteiger partial charge < -0.3 is 9.47 Å². The molecule has 2 heterocycles. The van der Waals surface area contributed by atoms with Crippen molar-refractivity contribution in [3.05, 3.63) is 35.9 Å². The largest absolute Gasteiger partial charge is 0.469 e. The number of hydrogen-bond acceptors (Lipinski definition) is 4. The first kappa shape index (κ1) is 14.5. The summed E-state index contributed by atoms with van der Waals surface area (Å²) in [7, 11) is 1.50. The van der Waals surface area contributed by atoms with Crippen molar-refractivity contribution in [3.8, 4) is 0 Å². The van der Waals surface area contributed by atoms with Gasteiger partial charge in [-0.3, -0.25) is 9.69 Å². The molecule has 0 N–H and O–H groups in total. The van der Waals surface area contributed by atoms with Crippen LogP contribution < -0.4 is 0 Å². The molecule has 0 aromatic heterocycles. The smallest absolute Gasteiger partial charge is 0.310 e. The second-order valence-corrected chi connectivity index (χ2v) is 6.21. The number of nitrogens with zero attached hydrogens (tertiary/aromatic N) is 1. The van der Waals surface area contributed by atoms with Crippen molar-refractivity contribution >= 4 is 5.97 Å². The zero-order valence-corrected chi connectivity index (χ0v) is 12.6. The summed E-state index contributed by atoms with van der Waals surface area (Å²) in [6.45, 7) is 4.17. The van der Waals surface area contributed by atoms with Crippen LogP contribution in [-0.4, -0.2) is 44.3 Å². The Morgan fingerprint density at radius 3 is 2.71 bits per heavy atom. The van der Waals surface area contributed by atoms with Crippen LogP contribution >= 0.6 is 0 Å². The molecule has 1 atom stereocenters. The third kappa shape index (κ3) is 2.97. The summed E-state index contributed by atoms with van der Waals surface area (Å²) < 4.78 is 10.6. The molecule has 0 bridgehead atoms. The first-order valence-electron chi connectivity index (χ1n) is 7.65. The van der Waals surface area contributed by atoms with Crippen molar-refractivity contribution in [2.24, 2.45) is 11.3 Å². The van der Waals surface area contributed by atoms with Gasteiger partial charge in [0.2, 0.25) is 0 Å². The summed E-state index contributed by atoms with van der Waals surface area (Å²) in [5, 5.41) is 0. The second kappa shape index (κ2) is 6.16. The van der Waals surface area contributed by atoms with E-state index in [1.54, 1.807) is 0 Å². The number of rotatable bonds is 3. The SMILES string of the molecule is COC(=O)[C@H]1CN(Cc2ccccc2)CC12CCOCC2. The van der Waals surface area contributed by atoms with Crippen LogP contribution in [0.5, 0.6) is 0 Å². The van der Waals surface area contributed by atoms with Crippen molar-refractivity contribution in [2.75, 3.05) is 33.4 Å². The number of likely N-dealkylation sites (tertiary alicyclic amines) is 1. The maximum absolute atomic E-state index is 12.2. The summed E-state index contributed by atoms with van der Waals surface area (Å²) >= 11 is 0. The van der Waals surface area contributed by atoms with Crippen LogP contribution in [0.2, 0.25) is 0 Å². The molecule has 21 heavy (non-hydrogen) atoms. The van der Waals surface area contributed by atoms with Gasteiger partial charge in [0, 0.05) is 38.3 Å². The average molecular weight is 289 g/mol. The van der Waals surface area contributed by atoms with E-state index in [9.17, 15) is 4.79 Å². The minimum atomic E-state index is -0.0625. The van der Waals surface area contributed by atoms with Gasteiger partial charge >= 0.3 is 5.97 Å². The maximum Gasteiger partial charge on any atom is 0.310 e. The highest BCUT2D eigenvalue weighted by molar-refractivity contribution is 5.74. The Labute approximate surface area is 126 Å². The fourth-order valence-electron chi connectivity index (χ4n) is 3.79. The first-order chi connectivity index (χ1) is 10.2. The molecule has 0 saturated carbocycles. The van der Waals surface area contributed by atoms with Gasteiger partial charge in [0.25, 0.3) is 0 Å². The Balaban J connectivity index is 1.75. The van der Waals surface area contributed by atoms with Crippen LogP contribution in [0, 0.1) is 11.3 Å². The molecule has 114 valence electrons. The maximum atomic E-state index is 12.2. The van der Waals surface area contributed by atoms with Crippen LogP contribution in [-0.2, 0) is 20.8 Å². The highest BCUT2D eigenvalue weighted by atomic mass is 16.5. The van der Waals surface area contributed by atoms with E-state index < -0.39 is 0 Å². The molecular formula is C17H23NO3. The summed E-state index contributed by atoms with van der Waals surface area (Å²) in [5.41, 5.74) is 1.34. The number of benzene rings is 1. The van der Waals surface area contributed by atoms with E-state index in [4.69, 9.17) is 9.47 Å². The average Bonchev–Trinajstić information content (AvgIpc) is 2.86. The molecule has 2 fully saturated rings. The highest BCUT2D eigenvalue weighted by Crippen LogP contribution is 2.45. The van der Waals surface area contributed by atoms with Gasteiger partial charge in [-0.2, -0.15) is 0 Å². The van der Waals surface area contributed by atoms with Crippen LogP contribution in [0.25, 0.3) is 0 Å². The molecule has 1 aromatic rings. The number of carbonyl (C=O) groups excluding carboxylic acids is 1. The zero-order valence-electron chi connectivity index (χ0n) is 12.6. The van der Waals surface area contributed by atoms with Crippen LogP contribution in [0.3, 0.4) is 0 Å². The molecule has 1 spiro atoms. The number of esters is 1. The van der Waals surface area contributed by atoms with Gasteiger partial charge in [-0.1, -0.05) is 30.3 Å². The van der Waals surface area contributed by atoms with E-state index in [0.717, 1.165) is 45.7 Å². The predicted octanol–water partition coefficient (Wildman–Crippen LogP) is 2.09. The van der Waals surface area contributed by atoms with Gasteiger partial charge in [-0.05, 0) is 18.4 Å². The van der Waals surface area contributed by atoms with Crippen molar-refractivity contribution in [3.63, 3.8) is 0 Å². The molecular weight excluding hydrogens is 266 g/mol. The zero-order chi connectivity index (χ0) is 14.7. The molecule has 1 aromatic carbocycles. The molecule has 0 aliphatic carbocycles. The van der Waals surface area contributed by atoms with Crippen molar-refractivity contribution in [1.82, 2.24) is 4.90 Å². The van der Waals surface area contributed by atoms with Crippen molar-refractivity contribution in [2.45, 2.75) is 19.4 Å². The van der Waals surface area contributed by atoms with E-state index >= 15 is 0 Å². The normalized spacial score (nSPS) is 25.1. The fourth-order valence-corrected chi connectivity index (χ4v) is 3.79. The third-order valence-electron chi connectivity index (χ3n) is 4.94. The summed E-state index contributed by atoms with van der Waals surface area (Å²) in [6, 6.07) is 10.4. The molecule has 0 unspecified atom stereocenters. The van der Waals surface area contributed by atoms with Gasteiger partial charge in [-0.25, -0.2) is 0 Å². The van der Waals surface area contributed by atoms with E-state index in [-0.39, 0.29) is 17.3 Å². The van der Waals surface area contributed by atoms with Crippen molar-refractivity contribution < 1.29 is 14.3 Å². The fraction of sp³-hybridized carbons (Fsp3) is 0.588. The lowest BCUT2D eigenvalue weighted by Gasteiger charge is -2.36. The lowest BCUT2D eigenvalue weighted by molar-refractivity contribution is -0.150. The molecule has 4 heteroatoms. The van der Waals surface area contributed by atoms with Gasteiger partial charge in [-0.15, -0.1) is 0 Å². The Hall–Kier alpha value is -1.39. The number of hydrogen-bond donors (Lipinski definition) is 0. The molecule has 0 amide bonds. The lowest BCUT2D eigenvalue weighted by atomic mass is 9.72. The van der Waals surface area contributed by atoms with E-state index in [0.29, 0.717) is 0 Å². The standard InChI is InChI=1S/C17H23NO3/c1-20-16(19)15-12-18(11-14-5-3-2-4-6-14)13-17(15)7-9-21-10-8-17/h2-6,15H,7-13H2,1H3/t15-/m1/s1. The molecule has 0 radical (unpaired) electrons. The van der Waals surface area contributed by atoms with Gasteiger partial charge in [0.15, 0.2) is 0 Å². The monoisotopic (exact) mass is 289 g/mol. The van der Waals surface area contributed by atoms with Crippen LogP contribution in [0.15, 0.2) is 30.3 Å². The van der Waals surface area contributed by atoms with E-state index in [1.165, 1.54) is 12.7 Å².